The summed E-state index contributed by atoms with van der Waals surface area (Å²) in [6, 6.07) is 0. The first-order valence-electron chi connectivity index (χ1n) is 4.24. The summed E-state index contributed by atoms with van der Waals surface area (Å²) in [7, 11) is 0. The van der Waals surface area contributed by atoms with E-state index in [1.807, 2.05) is 0 Å². The first-order chi connectivity index (χ1) is 4.45. The molecule has 1 heteroatoms. The Bertz CT molecular complexity index is 81.2. The highest BCUT2D eigenvalue weighted by molar-refractivity contribution is 4.72. The molecule has 62 valence electrons. The molecule has 0 aliphatic carbocycles. The van der Waals surface area contributed by atoms with E-state index in [0.29, 0.717) is 0 Å². The Balaban J connectivity index is 3.36. The summed E-state index contributed by atoms with van der Waals surface area (Å²) < 4.78 is 0. The number of hydrogen-bond donors (Lipinski definition) is 1. The monoisotopic (exact) mass is 143 g/mol. The fourth-order valence-corrected chi connectivity index (χ4v) is 0.823. The highest BCUT2D eigenvalue weighted by atomic mass is 14.7. The lowest BCUT2D eigenvalue weighted by atomic mass is 9.93. The van der Waals surface area contributed by atoms with Crippen molar-refractivity contribution in [2.24, 2.45) is 11.7 Å². The smallest absolute Gasteiger partial charge is 0.00971 e. The van der Waals surface area contributed by atoms with Gasteiger partial charge in [0.05, 0.1) is 0 Å². The minimum Gasteiger partial charge on any atom is -0.326 e. The summed E-state index contributed by atoms with van der Waals surface area (Å²) in [5.74, 6) is 0.836. The zero-order valence-corrected chi connectivity index (χ0v) is 7.78. The molecule has 0 amide bonds. The fourth-order valence-electron chi connectivity index (χ4n) is 0.823. The molecule has 10 heavy (non-hydrogen) atoms. The van der Waals surface area contributed by atoms with Gasteiger partial charge in [-0.1, -0.05) is 20.3 Å². The van der Waals surface area contributed by atoms with Crippen LogP contribution in [0.3, 0.4) is 0 Å². The largest absolute Gasteiger partial charge is 0.326 e. The molecule has 0 aromatic carbocycles. The minimum absolute atomic E-state index is 0.0312. The quantitative estimate of drug-likeness (QED) is 0.643. The Hall–Kier alpha value is -0.0400. The Labute approximate surface area is 65.0 Å². The lowest BCUT2D eigenvalue weighted by Gasteiger charge is -2.20. The second-order valence-corrected chi connectivity index (χ2v) is 4.04. The van der Waals surface area contributed by atoms with Crippen molar-refractivity contribution in [3.63, 3.8) is 0 Å². The average molecular weight is 143 g/mol. The molecule has 0 aliphatic rings. The van der Waals surface area contributed by atoms with Crippen molar-refractivity contribution in [3.8, 4) is 0 Å². The van der Waals surface area contributed by atoms with E-state index in [-0.39, 0.29) is 5.54 Å². The summed E-state index contributed by atoms with van der Waals surface area (Å²) >= 11 is 0. The standard InChI is InChI=1S/C9H21N/c1-5-8(2)6-7-9(3,4)10/h8H,5-7,10H2,1-4H3. The SMILES string of the molecule is CCC(C)CCC(C)(C)N. The van der Waals surface area contributed by atoms with Crippen LogP contribution in [0, 0.1) is 5.92 Å². The van der Waals surface area contributed by atoms with Crippen molar-refractivity contribution in [3.05, 3.63) is 0 Å². The van der Waals surface area contributed by atoms with Gasteiger partial charge in [0.2, 0.25) is 0 Å². The predicted molar refractivity (Wildman–Crippen MR) is 47.0 cm³/mol. The van der Waals surface area contributed by atoms with Crippen LogP contribution in [0.15, 0.2) is 0 Å². The van der Waals surface area contributed by atoms with Crippen molar-refractivity contribution in [1.82, 2.24) is 0 Å². The molecule has 0 aromatic heterocycles. The predicted octanol–water partition coefficient (Wildman–Crippen LogP) is 2.55. The van der Waals surface area contributed by atoms with Crippen molar-refractivity contribution in [2.75, 3.05) is 0 Å². The maximum atomic E-state index is 5.84. The summed E-state index contributed by atoms with van der Waals surface area (Å²) in [5.41, 5.74) is 5.87. The third kappa shape index (κ3) is 6.09. The van der Waals surface area contributed by atoms with E-state index in [0.717, 1.165) is 12.3 Å². The van der Waals surface area contributed by atoms with Gasteiger partial charge in [-0.25, -0.2) is 0 Å². The van der Waals surface area contributed by atoms with Gasteiger partial charge in [-0.2, -0.15) is 0 Å². The maximum absolute atomic E-state index is 5.84. The van der Waals surface area contributed by atoms with E-state index >= 15 is 0 Å². The molecule has 2 N–H and O–H groups in total. The van der Waals surface area contributed by atoms with Gasteiger partial charge >= 0.3 is 0 Å². The summed E-state index contributed by atoms with van der Waals surface area (Å²) in [6.45, 7) is 8.70. The molecule has 0 saturated heterocycles. The maximum Gasteiger partial charge on any atom is 0.00971 e. The second kappa shape index (κ2) is 3.97. The van der Waals surface area contributed by atoms with Crippen molar-refractivity contribution >= 4 is 0 Å². The first kappa shape index (κ1) is 9.96. The van der Waals surface area contributed by atoms with Crippen LogP contribution in [0.4, 0.5) is 0 Å². The van der Waals surface area contributed by atoms with Crippen LogP contribution < -0.4 is 5.73 Å². The molecule has 1 atom stereocenters. The Morgan fingerprint density at radius 3 is 2.20 bits per heavy atom. The van der Waals surface area contributed by atoms with Gasteiger partial charge < -0.3 is 5.73 Å². The topological polar surface area (TPSA) is 26.0 Å². The first-order valence-corrected chi connectivity index (χ1v) is 4.24. The van der Waals surface area contributed by atoms with E-state index in [1.54, 1.807) is 0 Å². The van der Waals surface area contributed by atoms with Gasteiger partial charge in [-0.15, -0.1) is 0 Å². The van der Waals surface area contributed by atoms with Crippen LogP contribution in [0.5, 0.6) is 0 Å². The van der Waals surface area contributed by atoms with Crippen LogP contribution in [0.1, 0.15) is 47.0 Å². The van der Waals surface area contributed by atoms with E-state index in [1.165, 1.54) is 12.8 Å². The van der Waals surface area contributed by atoms with Gasteiger partial charge in [-0.05, 0) is 32.6 Å². The number of hydrogen-bond acceptors (Lipinski definition) is 1. The van der Waals surface area contributed by atoms with Gasteiger partial charge in [0.1, 0.15) is 0 Å². The summed E-state index contributed by atoms with van der Waals surface area (Å²) in [6.07, 6.45) is 3.68. The third-order valence-electron chi connectivity index (χ3n) is 1.98. The van der Waals surface area contributed by atoms with Crippen LogP contribution in [0.2, 0.25) is 0 Å². The molecule has 0 rings (SSSR count). The van der Waals surface area contributed by atoms with E-state index < -0.39 is 0 Å². The molecule has 0 saturated carbocycles. The Morgan fingerprint density at radius 1 is 1.40 bits per heavy atom. The highest BCUT2D eigenvalue weighted by Gasteiger charge is 2.11. The normalized spacial score (nSPS) is 15.3. The molecule has 1 nitrogen and oxygen atoms in total. The molecule has 1 unspecified atom stereocenters. The minimum atomic E-state index is 0.0312. The summed E-state index contributed by atoms with van der Waals surface area (Å²) in [4.78, 5) is 0. The Morgan fingerprint density at radius 2 is 1.90 bits per heavy atom. The highest BCUT2D eigenvalue weighted by Crippen LogP contribution is 2.15. The Kier molecular flexibility index (Phi) is 3.95. The van der Waals surface area contributed by atoms with Gasteiger partial charge in [0.15, 0.2) is 0 Å². The molecular formula is C9H21N. The van der Waals surface area contributed by atoms with Gasteiger partial charge in [0.25, 0.3) is 0 Å². The number of nitrogens with two attached hydrogens (primary N) is 1. The van der Waals surface area contributed by atoms with Crippen molar-refractivity contribution < 1.29 is 0 Å². The summed E-state index contributed by atoms with van der Waals surface area (Å²) in [5, 5.41) is 0. The van der Waals surface area contributed by atoms with Crippen molar-refractivity contribution in [2.45, 2.75) is 52.5 Å². The zero-order valence-electron chi connectivity index (χ0n) is 7.78. The van der Waals surface area contributed by atoms with Gasteiger partial charge in [0, 0.05) is 5.54 Å². The van der Waals surface area contributed by atoms with Crippen LogP contribution in [-0.4, -0.2) is 5.54 Å². The van der Waals surface area contributed by atoms with Crippen LogP contribution in [0.25, 0.3) is 0 Å². The van der Waals surface area contributed by atoms with E-state index in [2.05, 4.69) is 27.7 Å². The van der Waals surface area contributed by atoms with Crippen molar-refractivity contribution in [1.29, 1.82) is 0 Å². The molecule has 0 aliphatic heterocycles. The second-order valence-electron chi connectivity index (χ2n) is 4.04. The molecule has 0 fully saturated rings. The fraction of sp³-hybridized carbons (Fsp3) is 1.00. The molecule has 0 aromatic rings. The number of rotatable bonds is 4. The van der Waals surface area contributed by atoms with Crippen LogP contribution in [-0.2, 0) is 0 Å². The van der Waals surface area contributed by atoms with Crippen LogP contribution >= 0.6 is 0 Å². The molecule has 0 radical (unpaired) electrons. The molecular weight excluding hydrogens is 122 g/mol. The average Bonchev–Trinajstić information content (AvgIpc) is 1.81. The molecule has 0 heterocycles. The van der Waals surface area contributed by atoms with E-state index in [4.69, 9.17) is 5.73 Å². The molecule has 0 spiro atoms. The zero-order chi connectivity index (χ0) is 8.20. The third-order valence-corrected chi connectivity index (χ3v) is 1.98. The van der Waals surface area contributed by atoms with Gasteiger partial charge in [-0.3, -0.25) is 0 Å². The molecule has 0 bridgehead atoms. The lowest BCUT2D eigenvalue weighted by Crippen LogP contribution is -2.32. The lowest BCUT2D eigenvalue weighted by molar-refractivity contribution is 0.394. The van der Waals surface area contributed by atoms with E-state index in [9.17, 15) is 0 Å².